The van der Waals surface area contributed by atoms with E-state index in [1.54, 1.807) is 14.2 Å². The lowest BCUT2D eigenvalue weighted by atomic mass is 9.98. The lowest BCUT2D eigenvalue weighted by molar-refractivity contribution is -0.704. The van der Waals surface area contributed by atoms with E-state index in [2.05, 4.69) is 60.3 Å². The van der Waals surface area contributed by atoms with Crippen LogP contribution in [0.25, 0.3) is 0 Å². The molecule has 0 saturated heterocycles. The van der Waals surface area contributed by atoms with Gasteiger partial charge in [-0.2, -0.15) is 4.57 Å². The number of hydrogen-bond acceptors (Lipinski definition) is 2. The Morgan fingerprint density at radius 2 is 1.08 bits per heavy atom. The summed E-state index contributed by atoms with van der Waals surface area (Å²) in [7, 11) is 3.37. The van der Waals surface area contributed by atoms with E-state index < -0.39 is 0 Å². The fourth-order valence-corrected chi connectivity index (χ4v) is 2.79. The molecule has 2 aromatic carbocycles. The zero-order chi connectivity index (χ0) is 16.9. The summed E-state index contributed by atoms with van der Waals surface area (Å²) < 4.78 is 12.8. The standard InChI is InChI=1S/C21H22NO2/c1-16-12-14-22(15-13-16)21(17-4-8-19(23-2)9-5-17)18-6-10-20(24-3)11-7-18/h4-15,21H,1-3H3/q+1. The maximum absolute atomic E-state index is 5.28. The van der Waals surface area contributed by atoms with E-state index in [0.717, 1.165) is 11.5 Å². The number of aromatic nitrogens is 1. The molecule has 1 aromatic heterocycles. The summed E-state index contributed by atoms with van der Waals surface area (Å²) in [6, 6.07) is 20.8. The lowest BCUT2D eigenvalue weighted by Gasteiger charge is -2.14. The van der Waals surface area contributed by atoms with Crippen LogP contribution in [0, 0.1) is 6.92 Å². The molecule has 3 rings (SSSR count). The molecule has 1 heterocycles. The highest BCUT2D eigenvalue weighted by atomic mass is 16.5. The number of nitrogens with zero attached hydrogens (tertiary/aromatic N) is 1. The molecule has 0 unspecified atom stereocenters. The van der Waals surface area contributed by atoms with Crippen LogP contribution in [-0.4, -0.2) is 14.2 Å². The van der Waals surface area contributed by atoms with Crippen LogP contribution in [0.4, 0.5) is 0 Å². The second kappa shape index (κ2) is 7.18. The van der Waals surface area contributed by atoms with Crippen LogP contribution in [0.3, 0.4) is 0 Å². The maximum atomic E-state index is 5.28. The van der Waals surface area contributed by atoms with Crippen LogP contribution in [-0.2, 0) is 0 Å². The molecule has 0 aliphatic rings. The SMILES string of the molecule is COc1ccc(C(c2ccc(OC)cc2)[n+]2ccc(C)cc2)cc1. The van der Waals surface area contributed by atoms with Crippen molar-refractivity contribution in [3.8, 4) is 11.5 Å². The normalized spacial score (nSPS) is 10.7. The average Bonchev–Trinajstić information content (AvgIpc) is 2.64. The first-order chi connectivity index (χ1) is 11.7. The summed E-state index contributed by atoms with van der Waals surface area (Å²) in [5.41, 5.74) is 3.65. The minimum absolute atomic E-state index is 0.0995. The Morgan fingerprint density at radius 1 is 0.667 bits per heavy atom. The van der Waals surface area contributed by atoms with Gasteiger partial charge in [-0.3, -0.25) is 0 Å². The molecular formula is C21H22NO2+. The molecule has 122 valence electrons. The van der Waals surface area contributed by atoms with E-state index in [1.165, 1.54) is 16.7 Å². The summed E-state index contributed by atoms with van der Waals surface area (Å²) in [5, 5.41) is 0. The van der Waals surface area contributed by atoms with E-state index in [9.17, 15) is 0 Å². The number of rotatable bonds is 5. The van der Waals surface area contributed by atoms with Gasteiger partial charge in [0.25, 0.3) is 0 Å². The molecule has 24 heavy (non-hydrogen) atoms. The first-order valence-electron chi connectivity index (χ1n) is 7.96. The van der Waals surface area contributed by atoms with Gasteiger partial charge in [-0.1, -0.05) is 0 Å². The third-order valence-corrected chi connectivity index (χ3v) is 4.18. The topological polar surface area (TPSA) is 22.3 Å². The van der Waals surface area contributed by atoms with Crippen LogP contribution in [0.1, 0.15) is 22.7 Å². The minimum atomic E-state index is 0.0995. The lowest BCUT2D eigenvalue weighted by Crippen LogP contribution is -2.40. The first kappa shape index (κ1) is 16.1. The fourth-order valence-electron chi connectivity index (χ4n) is 2.79. The Bertz CT molecular complexity index is 730. The van der Waals surface area contributed by atoms with E-state index >= 15 is 0 Å². The number of hydrogen-bond donors (Lipinski definition) is 0. The van der Waals surface area contributed by atoms with Gasteiger partial charge in [0.05, 0.1) is 14.2 Å². The van der Waals surface area contributed by atoms with Crippen molar-refractivity contribution in [2.24, 2.45) is 0 Å². The molecule has 0 bridgehead atoms. The molecule has 0 saturated carbocycles. The van der Waals surface area contributed by atoms with Crippen LogP contribution in [0.5, 0.6) is 11.5 Å². The molecule has 0 atom stereocenters. The van der Waals surface area contributed by atoms with Crippen molar-refractivity contribution < 1.29 is 14.0 Å². The molecule has 0 radical (unpaired) electrons. The van der Waals surface area contributed by atoms with Gasteiger partial charge in [-0.05, 0) is 61.0 Å². The van der Waals surface area contributed by atoms with Crippen LogP contribution in [0.15, 0.2) is 73.1 Å². The Kier molecular flexibility index (Phi) is 4.80. The molecule has 3 heteroatoms. The maximum Gasteiger partial charge on any atom is 0.208 e. The minimum Gasteiger partial charge on any atom is -0.497 e. The molecule has 0 N–H and O–H groups in total. The number of methoxy groups -OCH3 is 2. The Hall–Kier alpha value is -2.81. The monoisotopic (exact) mass is 320 g/mol. The van der Waals surface area contributed by atoms with Gasteiger partial charge < -0.3 is 9.47 Å². The third-order valence-electron chi connectivity index (χ3n) is 4.18. The first-order valence-corrected chi connectivity index (χ1v) is 7.96. The van der Waals surface area contributed by atoms with Crippen molar-refractivity contribution in [1.82, 2.24) is 0 Å². The highest BCUT2D eigenvalue weighted by molar-refractivity contribution is 5.36. The summed E-state index contributed by atoms with van der Waals surface area (Å²) in [6.07, 6.45) is 4.24. The molecular weight excluding hydrogens is 298 g/mol. The van der Waals surface area contributed by atoms with Crippen molar-refractivity contribution in [2.45, 2.75) is 13.0 Å². The predicted octanol–water partition coefficient (Wildman–Crippen LogP) is 3.94. The summed E-state index contributed by atoms with van der Waals surface area (Å²) in [4.78, 5) is 0. The van der Waals surface area contributed by atoms with E-state index in [4.69, 9.17) is 9.47 Å². The molecule has 0 fully saturated rings. The second-order valence-electron chi connectivity index (χ2n) is 5.77. The summed E-state index contributed by atoms with van der Waals surface area (Å²) >= 11 is 0. The van der Waals surface area contributed by atoms with Crippen molar-refractivity contribution >= 4 is 0 Å². The molecule has 0 aliphatic heterocycles. The Labute approximate surface area is 143 Å². The summed E-state index contributed by atoms with van der Waals surface area (Å²) in [5.74, 6) is 1.72. The predicted molar refractivity (Wildman–Crippen MR) is 94.6 cm³/mol. The van der Waals surface area contributed by atoms with Crippen molar-refractivity contribution in [1.29, 1.82) is 0 Å². The molecule has 0 spiro atoms. The van der Waals surface area contributed by atoms with Gasteiger partial charge in [0.1, 0.15) is 11.5 Å². The van der Waals surface area contributed by atoms with Gasteiger partial charge in [0.2, 0.25) is 6.04 Å². The third kappa shape index (κ3) is 3.40. The van der Waals surface area contributed by atoms with Crippen molar-refractivity contribution in [3.05, 3.63) is 89.7 Å². The summed E-state index contributed by atoms with van der Waals surface area (Å²) in [6.45, 7) is 2.10. The molecule has 0 amide bonds. The number of aryl methyl sites for hydroxylation is 1. The number of pyridine rings is 1. The van der Waals surface area contributed by atoms with Crippen LogP contribution < -0.4 is 14.0 Å². The fraction of sp³-hybridized carbons (Fsp3) is 0.190. The van der Waals surface area contributed by atoms with Crippen LogP contribution in [0.2, 0.25) is 0 Å². The Morgan fingerprint density at radius 3 is 1.46 bits per heavy atom. The zero-order valence-electron chi connectivity index (χ0n) is 14.3. The largest absolute Gasteiger partial charge is 0.497 e. The molecule has 0 aliphatic carbocycles. The van der Waals surface area contributed by atoms with Crippen molar-refractivity contribution in [3.63, 3.8) is 0 Å². The van der Waals surface area contributed by atoms with Gasteiger partial charge in [0, 0.05) is 23.3 Å². The van der Waals surface area contributed by atoms with Gasteiger partial charge in [-0.25, -0.2) is 0 Å². The smallest absolute Gasteiger partial charge is 0.208 e. The highest BCUT2D eigenvalue weighted by Crippen LogP contribution is 2.25. The number of ether oxygens (including phenoxy) is 2. The van der Waals surface area contributed by atoms with Gasteiger partial charge in [0.15, 0.2) is 12.4 Å². The average molecular weight is 320 g/mol. The van der Waals surface area contributed by atoms with Gasteiger partial charge in [-0.15, -0.1) is 0 Å². The molecule has 3 nitrogen and oxygen atoms in total. The van der Waals surface area contributed by atoms with E-state index in [0.29, 0.717) is 0 Å². The zero-order valence-corrected chi connectivity index (χ0v) is 14.3. The highest BCUT2D eigenvalue weighted by Gasteiger charge is 2.23. The second-order valence-corrected chi connectivity index (χ2v) is 5.77. The number of benzene rings is 2. The molecule has 3 aromatic rings. The van der Waals surface area contributed by atoms with Crippen molar-refractivity contribution in [2.75, 3.05) is 14.2 Å². The van der Waals surface area contributed by atoms with E-state index in [-0.39, 0.29) is 6.04 Å². The Balaban J connectivity index is 2.06. The van der Waals surface area contributed by atoms with E-state index in [1.807, 2.05) is 24.3 Å². The quantitative estimate of drug-likeness (QED) is 0.665. The van der Waals surface area contributed by atoms with Gasteiger partial charge >= 0.3 is 0 Å². The van der Waals surface area contributed by atoms with Crippen LogP contribution >= 0.6 is 0 Å².